The van der Waals surface area contributed by atoms with Crippen LogP contribution in [0.1, 0.15) is 25.7 Å². The summed E-state index contributed by atoms with van der Waals surface area (Å²) >= 11 is 0. The number of aryl methyl sites for hydroxylation is 1. The third-order valence-electron chi connectivity index (χ3n) is 3.79. The number of anilines is 1. The maximum atomic E-state index is 5.81. The average molecular weight is 271 g/mol. The number of ether oxygens (including phenoxy) is 1. The third-order valence-corrected chi connectivity index (χ3v) is 3.79. The molecule has 1 fully saturated rings. The lowest BCUT2D eigenvalue weighted by molar-refractivity contribution is 0.101. The Morgan fingerprint density at radius 1 is 1.35 bits per heavy atom. The van der Waals surface area contributed by atoms with E-state index in [1.165, 1.54) is 12.8 Å². The van der Waals surface area contributed by atoms with E-state index in [1.54, 1.807) is 0 Å². The van der Waals surface area contributed by atoms with Crippen LogP contribution < -0.4 is 5.73 Å². The van der Waals surface area contributed by atoms with Crippen molar-refractivity contribution in [1.29, 1.82) is 0 Å². The molecule has 1 saturated heterocycles. The SMILES string of the molecule is Nc1cccc(-c2cnn(CCCC3CCCO3)c2)c1. The Morgan fingerprint density at radius 3 is 3.10 bits per heavy atom. The van der Waals surface area contributed by atoms with E-state index in [0.29, 0.717) is 6.10 Å². The minimum Gasteiger partial charge on any atom is -0.399 e. The quantitative estimate of drug-likeness (QED) is 0.850. The smallest absolute Gasteiger partial charge is 0.0576 e. The molecule has 1 aliphatic rings. The molecule has 20 heavy (non-hydrogen) atoms. The van der Waals surface area contributed by atoms with Crippen molar-refractivity contribution in [2.24, 2.45) is 0 Å². The fraction of sp³-hybridized carbons (Fsp3) is 0.438. The highest BCUT2D eigenvalue weighted by molar-refractivity contribution is 5.65. The van der Waals surface area contributed by atoms with E-state index in [-0.39, 0.29) is 0 Å². The zero-order valence-electron chi connectivity index (χ0n) is 11.7. The van der Waals surface area contributed by atoms with Crippen molar-refractivity contribution in [3.8, 4) is 11.1 Å². The maximum Gasteiger partial charge on any atom is 0.0576 e. The van der Waals surface area contributed by atoms with Crippen LogP contribution in [0.3, 0.4) is 0 Å². The van der Waals surface area contributed by atoms with Gasteiger partial charge in [0.05, 0.1) is 12.3 Å². The summed E-state index contributed by atoms with van der Waals surface area (Å²) in [7, 11) is 0. The molecule has 0 saturated carbocycles. The fourth-order valence-electron chi connectivity index (χ4n) is 2.71. The summed E-state index contributed by atoms with van der Waals surface area (Å²) in [6.45, 7) is 1.88. The van der Waals surface area contributed by atoms with Crippen LogP contribution in [0.15, 0.2) is 36.7 Å². The standard InChI is InChI=1S/C16H21N3O/c17-15-5-1-4-13(10-15)14-11-18-19(12-14)8-2-6-16-7-3-9-20-16/h1,4-5,10-12,16H,2-3,6-9,17H2. The lowest BCUT2D eigenvalue weighted by Crippen LogP contribution is -2.07. The first-order valence-corrected chi connectivity index (χ1v) is 7.31. The second-order valence-corrected chi connectivity index (χ2v) is 5.39. The van der Waals surface area contributed by atoms with Crippen LogP contribution in [0.2, 0.25) is 0 Å². The van der Waals surface area contributed by atoms with Crippen molar-refractivity contribution in [3.63, 3.8) is 0 Å². The Balaban J connectivity index is 1.56. The molecule has 3 rings (SSSR count). The van der Waals surface area contributed by atoms with Gasteiger partial charge < -0.3 is 10.5 Å². The lowest BCUT2D eigenvalue weighted by Gasteiger charge is -2.08. The van der Waals surface area contributed by atoms with E-state index in [1.807, 2.05) is 29.1 Å². The van der Waals surface area contributed by atoms with Gasteiger partial charge in [0, 0.05) is 30.6 Å². The first kappa shape index (κ1) is 13.2. The largest absolute Gasteiger partial charge is 0.399 e. The number of hydrogen-bond donors (Lipinski definition) is 1. The molecule has 2 heterocycles. The lowest BCUT2D eigenvalue weighted by atomic mass is 10.1. The van der Waals surface area contributed by atoms with Gasteiger partial charge in [0.25, 0.3) is 0 Å². The van der Waals surface area contributed by atoms with Crippen molar-refractivity contribution < 1.29 is 4.74 Å². The number of nitrogens with zero attached hydrogens (tertiary/aromatic N) is 2. The minimum atomic E-state index is 0.471. The fourth-order valence-corrected chi connectivity index (χ4v) is 2.71. The summed E-state index contributed by atoms with van der Waals surface area (Å²) in [5.74, 6) is 0. The van der Waals surface area contributed by atoms with E-state index in [2.05, 4.69) is 17.4 Å². The molecule has 1 unspecified atom stereocenters. The normalized spacial score (nSPS) is 18.5. The van der Waals surface area contributed by atoms with Gasteiger partial charge in [-0.1, -0.05) is 12.1 Å². The maximum absolute atomic E-state index is 5.81. The molecule has 2 aromatic rings. The number of aromatic nitrogens is 2. The minimum absolute atomic E-state index is 0.471. The van der Waals surface area contributed by atoms with Crippen molar-refractivity contribution in [1.82, 2.24) is 9.78 Å². The van der Waals surface area contributed by atoms with Gasteiger partial charge in [-0.25, -0.2) is 0 Å². The summed E-state index contributed by atoms with van der Waals surface area (Å²) in [6.07, 6.45) is 9.14. The molecule has 0 amide bonds. The Hall–Kier alpha value is -1.81. The van der Waals surface area contributed by atoms with E-state index < -0.39 is 0 Å². The van der Waals surface area contributed by atoms with Crippen LogP contribution in [0, 0.1) is 0 Å². The number of hydrogen-bond acceptors (Lipinski definition) is 3. The summed E-state index contributed by atoms with van der Waals surface area (Å²) in [5, 5.41) is 4.42. The van der Waals surface area contributed by atoms with Gasteiger partial charge in [0.15, 0.2) is 0 Å². The molecule has 0 bridgehead atoms. The van der Waals surface area contributed by atoms with Crippen molar-refractivity contribution in [2.75, 3.05) is 12.3 Å². The molecule has 1 aromatic heterocycles. The van der Waals surface area contributed by atoms with Crippen molar-refractivity contribution >= 4 is 5.69 Å². The van der Waals surface area contributed by atoms with Crippen molar-refractivity contribution in [2.45, 2.75) is 38.3 Å². The second kappa shape index (κ2) is 6.09. The van der Waals surface area contributed by atoms with E-state index in [0.717, 1.165) is 42.8 Å². The molecule has 0 radical (unpaired) electrons. The molecule has 0 aliphatic carbocycles. The molecule has 0 spiro atoms. The van der Waals surface area contributed by atoms with Gasteiger partial charge in [-0.15, -0.1) is 0 Å². The topological polar surface area (TPSA) is 53.1 Å². The number of nitrogens with two attached hydrogens (primary N) is 1. The molecule has 2 N–H and O–H groups in total. The van der Waals surface area contributed by atoms with E-state index >= 15 is 0 Å². The third kappa shape index (κ3) is 3.20. The number of nitrogen functional groups attached to an aromatic ring is 1. The molecule has 4 nitrogen and oxygen atoms in total. The summed E-state index contributed by atoms with van der Waals surface area (Å²) in [5.41, 5.74) is 8.84. The van der Waals surface area contributed by atoms with Crippen LogP contribution in [0.25, 0.3) is 11.1 Å². The molecular formula is C16H21N3O. The van der Waals surface area contributed by atoms with E-state index in [4.69, 9.17) is 10.5 Å². The van der Waals surface area contributed by atoms with Gasteiger partial charge in [0.1, 0.15) is 0 Å². The van der Waals surface area contributed by atoms with Gasteiger partial charge in [-0.05, 0) is 43.4 Å². The molecule has 106 valence electrons. The van der Waals surface area contributed by atoms with Crippen LogP contribution in [-0.2, 0) is 11.3 Å². The van der Waals surface area contributed by atoms with Gasteiger partial charge in [0.2, 0.25) is 0 Å². The molecule has 1 aliphatic heterocycles. The first-order valence-electron chi connectivity index (χ1n) is 7.31. The number of rotatable bonds is 5. The van der Waals surface area contributed by atoms with Gasteiger partial charge in [-0.2, -0.15) is 5.10 Å². The van der Waals surface area contributed by atoms with Crippen LogP contribution in [-0.4, -0.2) is 22.5 Å². The Labute approximate surface area is 119 Å². The Bertz CT molecular complexity index is 558. The highest BCUT2D eigenvalue weighted by Crippen LogP contribution is 2.21. The molecule has 1 atom stereocenters. The van der Waals surface area contributed by atoms with Gasteiger partial charge >= 0.3 is 0 Å². The molecule has 1 aromatic carbocycles. The zero-order chi connectivity index (χ0) is 13.8. The zero-order valence-corrected chi connectivity index (χ0v) is 11.7. The number of benzene rings is 1. The molecular weight excluding hydrogens is 250 g/mol. The first-order chi connectivity index (χ1) is 9.81. The predicted molar refractivity (Wildman–Crippen MR) is 80.3 cm³/mol. The summed E-state index contributed by atoms with van der Waals surface area (Å²) < 4.78 is 7.64. The van der Waals surface area contributed by atoms with Crippen molar-refractivity contribution in [3.05, 3.63) is 36.7 Å². The highest BCUT2D eigenvalue weighted by Gasteiger charge is 2.14. The second-order valence-electron chi connectivity index (χ2n) is 5.39. The van der Waals surface area contributed by atoms with E-state index in [9.17, 15) is 0 Å². The van der Waals surface area contributed by atoms with Crippen LogP contribution in [0.5, 0.6) is 0 Å². The average Bonchev–Trinajstić information content (AvgIpc) is 3.10. The monoisotopic (exact) mass is 271 g/mol. The summed E-state index contributed by atoms with van der Waals surface area (Å²) in [6, 6.07) is 7.91. The predicted octanol–water partition coefficient (Wildman–Crippen LogP) is 3.09. The highest BCUT2D eigenvalue weighted by atomic mass is 16.5. The molecule has 4 heteroatoms. The van der Waals surface area contributed by atoms with Crippen LogP contribution >= 0.6 is 0 Å². The van der Waals surface area contributed by atoms with Crippen LogP contribution in [0.4, 0.5) is 5.69 Å². The van der Waals surface area contributed by atoms with Gasteiger partial charge in [-0.3, -0.25) is 4.68 Å². The summed E-state index contributed by atoms with van der Waals surface area (Å²) in [4.78, 5) is 0. The Morgan fingerprint density at radius 2 is 2.30 bits per heavy atom. The Kier molecular flexibility index (Phi) is 4.02.